The standard InChI is InChI=1S/C15H26N2O4S3/c1-5-16-13-8-11(4)23(18,19)15-12(13)9-14(22-15)24(20,21)17-7-6-10(2)3/h9-11,13,16-17H,5-8H2,1-4H3. The van der Waals surface area contributed by atoms with Crippen molar-refractivity contribution in [1.29, 1.82) is 0 Å². The van der Waals surface area contributed by atoms with Gasteiger partial charge in [-0.05, 0) is 38.3 Å². The molecule has 0 saturated heterocycles. The monoisotopic (exact) mass is 394 g/mol. The summed E-state index contributed by atoms with van der Waals surface area (Å²) in [4.78, 5) is 0. The molecule has 0 fully saturated rings. The van der Waals surface area contributed by atoms with Crippen molar-refractivity contribution in [3.63, 3.8) is 0 Å². The molecule has 2 heterocycles. The first-order chi connectivity index (χ1) is 11.1. The predicted octanol–water partition coefficient (Wildman–Crippen LogP) is 2.29. The molecule has 0 amide bonds. The van der Waals surface area contributed by atoms with E-state index in [0.29, 0.717) is 31.0 Å². The van der Waals surface area contributed by atoms with Crippen LogP contribution in [-0.2, 0) is 19.9 Å². The molecule has 138 valence electrons. The number of hydrogen-bond donors (Lipinski definition) is 2. The molecule has 9 heteroatoms. The van der Waals surface area contributed by atoms with Crippen LogP contribution in [0.15, 0.2) is 14.5 Å². The number of rotatable bonds is 7. The Morgan fingerprint density at radius 2 is 2.04 bits per heavy atom. The highest BCUT2D eigenvalue weighted by Crippen LogP contribution is 2.42. The average Bonchev–Trinajstić information content (AvgIpc) is 2.92. The Morgan fingerprint density at radius 1 is 1.38 bits per heavy atom. The van der Waals surface area contributed by atoms with Crippen molar-refractivity contribution in [1.82, 2.24) is 10.0 Å². The van der Waals surface area contributed by atoms with Crippen LogP contribution in [0, 0.1) is 5.92 Å². The molecule has 0 radical (unpaired) electrons. The molecule has 1 aromatic rings. The summed E-state index contributed by atoms with van der Waals surface area (Å²) in [5, 5.41) is 2.74. The van der Waals surface area contributed by atoms with Crippen LogP contribution in [0.3, 0.4) is 0 Å². The Bertz CT molecular complexity index is 782. The summed E-state index contributed by atoms with van der Waals surface area (Å²) in [5.41, 5.74) is 0.587. The van der Waals surface area contributed by atoms with Gasteiger partial charge >= 0.3 is 0 Å². The van der Waals surface area contributed by atoms with Crippen LogP contribution < -0.4 is 10.0 Å². The number of sulfonamides is 1. The zero-order valence-corrected chi connectivity index (χ0v) is 16.9. The van der Waals surface area contributed by atoms with Gasteiger partial charge in [-0.25, -0.2) is 21.6 Å². The van der Waals surface area contributed by atoms with Crippen LogP contribution in [0.2, 0.25) is 0 Å². The second-order valence-electron chi connectivity index (χ2n) is 6.59. The van der Waals surface area contributed by atoms with Gasteiger partial charge in [-0.3, -0.25) is 0 Å². The highest BCUT2D eigenvalue weighted by atomic mass is 32.3. The lowest BCUT2D eigenvalue weighted by atomic mass is 10.1. The molecule has 0 aromatic carbocycles. The van der Waals surface area contributed by atoms with Crippen molar-refractivity contribution in [2.24, 2.45) is 5.92 Å². The van der Waals surface area contributed by atoms with E-state index in [4.69, 9.17) is 0 Å². The van der Waals surface area contributed by atoms with Crippen LogP contribution in [0.25, 0.3) is 0 Å². The van der Waals surface area contributed by atoms with Gasteiger partial charge in [0.25, 0.3) is 0 Å². The number of sulfone groups is 1. The first-order valence-corrected chi connectivity index (χ1v) is 12.0. The number of nitrogens with one attached hydrogen (secondary N) is 2. The second-order valence-corrected chi connectivity index (χ2v) is 12.2. The zero-order valence-electron chi connectivity index (χ0n) is 14.5. The maximum absolute atomic E-state index is 12.6. The fourth-order valence-corrected chi connectivity index (χ4v) is 7.81. The average molecular weight is 395 g/mol. The third-order valence-electron chi connectivity index (χ3n) is 4.16. The molecule has 2 N–H and O–H groups in total. The van der Waals surface area contributed by atoms with Crippen molar-refractivity contribution in [2.75, 3.05) is 13.1 Å². The van der Waals surface area contributed by atoms with Crippen LogP contribution in [0.5, 0.6) is 0 Å². The van der Waals surface area contributed by atoms with Gasteiger partial charge in [-0.15, -0.1) is 11.3 Å². The van der Waals surface area contributed by atoms with Gasteiger partial charge in [0.05, 0.1) is 5.25 Å². The van der Waals surface area contributed by atoms with E-state index in [0.717, 1.165) is 17.8 Å². The highest BCUT2D eigenvalue weighted by molar-refractivity contribution is 7.95. The molecule has 0 saturated carbocycles. The Morgan fingerprint density at radius 3 is 2.62 bits per heavy atom. The summed E-state index contributed by atoms with van der Waals surface area (Å²) in [6.07, 6.45) is 1.19. The van der Waals surface area contributed by atoms with Gasteiger partial charge in [0.1, 0.15) is 8.42 Å². The lowest BCUT2D eigenvalue weighted by molar-refractivity contribution is 0.477. The topological polar surface area (TPSA) is 92.3 Å². The van der Waals surface area contributed by atoms with Crippen LogP contribution in [-0.4, -0.2) is 35.2 Å². The normalized spacial score (nSPS) is 23.4. The van der Waals surface area contributed by atoms with E-state index < -0.39 is 25.1 Å². The van der Waals surface area contributed by atoms with E-state index >= 15 is 0 Å². The van der Waals surface area contributed by atoms with Gasteiger partial charge in [0.15, 0.2) is 9.84 Å². The van der Waals surface area contributed by atoms with E-state index in [2.05, 4.69) is 10.0 Å². The minimum absolute atomic E-state index is 0.0804. The molecule has 0 spiro atoms. The van der Waals surface area contributed by atoms with Crippen molar-refractivity contribution >= 4 is 31.2 Å². The third-order valence-corrected chi connectivity index (χ3v) is 9.99. The van der Waals surface area contributed by atoms with E-state index in [1.807, 2.05) is 20.8 Å². The molecule has 24 heavy (non-hydrogen) atoms. The van der Waals surface area contributed by atoms with Gasteiger partial charge in [-0.2, -0.15) is 0 Å². The van der Waals surface area contributed by atoms with Gasteiger partial charge in [0, 0.05) is 18.2 Å². The summed E-state index contributed by atoms with van der Waals surface area (Å²) in [6, 6.07) is 1.40. The molecule has 2 unspecified atom stereocenters. The smallest absolute Gasteiger partial charge is 0.250 e. The second kappa shape index (κ2) is 7.41. The van der Waals surface area contributed by atoms with Gasteiger partial charge < -0.3 is 5.32 Å². The maximum Gasteiger partial charge on any atom is 0.250 e. The molecule has 2 rings (SSSR count). The van der Waals surface area contributed by atoms with E-state index in [1.54, 1.807) is 6.92 Å². The van der Waals surface area contributed by atoms with Gasteiger partial charge in [0.2, 0.25) is 10.0 Å². The molecule has 0 bridgehead atoms. The minimum atomic E-state index is -3.68. The fourth-order valence-electron chi connectivity index (χ4n) is 2.72. The highest BCUT2D eigenvalue weighted by Gasteiger charge is 2.39. The molecule has 1 aliphatic rings. The van der Waals surface area contributed by atoms with Crippen molar-refractivity contribution in [2.45, 2.75) is 60.2 Å². The lowest BCUT2D eigenvalue weighted by Gasteiger charge is -2.27. The van der Waals surface area contributed by atoms with Crippen molar-refractivity contribution in [3.8, 4) is 0 Å². The Labute approximate surface area is 149 Å². The molecule has 2 atom stereocenters. The fraction of sp³-hybridized carbons (Fsp3) is 0.733. The van der Waals surface area contributed by atoms with Gasteiger partial charge in [-0.1, -0.05) is 20.8 Å². The molecular weight excluding hydrogens is 368 g/mol. The molecule has 0 aliphatic carbocycles. The van der Waals surface area contributed by atoms with Crippen molar-refractivity contribution < 1.29 is 16.8 Å². The summed E-state index contributed by atoms with van der Waals surface area (Å²) in [7, 11) is -7.14. The minimum Gasteiger partial charge on any atom is -0.310 e. The first kappa shape index (κ1) is 19.8. The van der Waals surface area contributed by atoms with Crippen LogP contribution in [0.1, 0.15) is 52.1 Å². The summed E-state index contributed by atoms with van der Waals surface area (Å²) in [6.45, 7) is 8.71. The summed E-state index contributed by atoms with van der Waals surface area (Å²) in [5.74, 6) is 0.392. The van der Waals surface area contributed by atoms with E-state index in [1.165, 1.54) is 6.07 Å². The summed E-state index contributed by atoms with van der Waals surface area (Å²) >= 11 is 0.863. The number of thiophene rings is 1. The Balaban J connectivity index is 2.37. The lowest BCUT2D eigenvalue weighted by Crippen LogP contribution is -2.33. The Hall–Kier alpha value is -0.480. The third kappa shape index (κ3) is 4.01. The van der Waals surface area contributed by atoms with Crippen molar-refractivity contribution in [3.05, 3.63) is 11.6 Å². The van der Waals surface area contributed by atoms with Crippen LogP contribution >= 0.6 is 11.3 Å². The largest absolute Gasteiger partial charge is 0.310 e. The quantitative estimate of drug-likeness (QED) is 0.740. The molecule has 1 aliphatic heterocycles. The maximum atomic E-state index is 12.6. The number of fused-ring (bicyclic) bond motifs is 1. The zero-order chi connectivity index (χ0) is 18.1. The SMILES string of the molecule is CCNC1CC(C)S(=O)(=O)c2sc(S(=O)(=O)NCCC(C)C)cc21. The van der Waals surface area contributed by atoms with Crippen LogP contribution in [0.4, 0.5) is 0 Å². The predicted molar refractivity (Wildman–Crippen MR) is 96.6 cm³/mol. The molecular formula is C15H26N2O4S3. The molecule has 6 nitrogen and oxygen atoms in total. The number of hydrogen-bond acceptors (Lipinski definition) is 6. The summed E-state index contributed by atoms with van der Waals surface area (Å²) < 4.78 is 52.9. The Kier molecular flexibility index (Phi) is 6.12. The first-order valence-electron chi connectivity index (χ1n) is 8.20. The van der Waals surface area contributed by atoms with E-state index in [9.17, 15) is 16.8 Å². The van der Waals surface area contributed by atoms with E-state index in [-0.39, 0.29) is 14.5 Å². The molecule has 1 aromatic heterocycles.